The number of hydrogen-bond donors (Lipinski definition) is 2. The Morgan fingerprint density at radius 2 is 1.96 bits per heavy atom. The van der Waals surface area contributed by atoms with E-state index in [0.29, 0.717) is 6.61 Å². The van der Waals surface area contributed by atoms with Gasteiger partial charge in [0.2, 0.25) is 5.91 Å². The highest BCUT2D eigenvalue weighted by molar-refractivity contribution is 5.92. The largest absolute Gasteiger partial charge is 0.494 e. The van der Waals surface area contributed by atoms with Gasteiger partial charge in [-0.05, 0) is 42.7 Å². The number of nitrogens with two attached hydrogens (primary N) is 1. The summed E-state index contributed by atoms with van der Waals surface area (Å²) in [4.78, 5) is 12.2. The van der Waals surface area contributed by atoms with Gasteiger partial charge < -0.3 is 15.8 Å². The molecular formula is C19H24N2O2. The number of aryl methyl sites for hydroxylation is 1. The standard InChI is InChI=1S/C19H24N2O2/c1-3-11-23-16-9-10-18(14(2)12-16)21-19(22)13-17(20)15-7-5-4-6-8-15/h4-10,12,17H,3,11,13,20H2,1-2H3,(H,21,22). The van der Waals surface area contributed by atoms with Gasteiger partial charge in [-0.25, -0.2) is 0 Å². The lowest BCUT2D eigenvalue weighted by molar-refractivity contribution is -0.116. The van der Waals surface area contributed by atoms with Crippen LogP contribution in [0.1, 0.15) is 36.9 Å². The van der Waals surface area contributed by atoms with Crippen molar-refractivity contribution in [3.8, 4) is 5.75 Å². The minimum atomic E-state index is -0.302. The highest BCUT2D eigenvalue weighted by Crippen LogP contribution is 2.22. The summed E-state index contributed by atoms with van der Waals surface area (Å²) in [6.45, 7) is 4.71. The molecule has 0 bridgehead atoms. The molecule has 4 heteroatoms. The summed E-state index contributed by atoms with van der Waals surface area (Å²) in [5, 5.41) is 2.92. The number of carbonyl (C=O) groups is 1. The van der Waals surface area contributed by atoms with Crippen molar-refractivity contribution in [1.29, 1.82) is 0 Å². The van der Waals surface area contributed by atoms with Gasteiger partial charge in [-0.2, -0.15) is 0 Å². The van der Waals surface area contributed by atoms with E-state index >= 15 is 0 Å². The van der Waals surface area contributed by atoms with Crippen LogP contribution < -0.4 is 15.8 Å². The van der Waals surface area contributed by atoms with Gasteiger partial charge in [0, 0.05) is 18.2 Å². The Bertz CT molecular complexity index is 641. The molecule has 1 amide bonds. The minimum Gasteiger partial charge on any atom is -0.494 e. The van der Waals surface area contributed by atoms with Crippen LogP contribution in [-0.4, -0.2) is 12.5 Å². The molecule has 2 rings (SSSR count). The Hall–Kier alpha value is -2.33. The van der Waals surface area contributed by atoms with E-state index in [-0.39, 0.29) is 18.4 Å². The lowest BCUT2D eigenvalue weighted by Crippen LogP contribution is -2.20. The number of benzene rings is 2. The van der Waals surface area contributed by atoms with Crippen LogP contribution in [0.4, 0.5) is 5.69 Å². The van der Waals surface area contributed by atoms with Gasteiger partial charge in [-0.1, -0.05) is 37.3 Å². The third-order valence-electron chi connectivity index (χ3n) is 3.58. The molecule has 0 aliphatic heterocycles. The minimum absolute atomic E-state index is 0.0910. The lowest BCUT2D eigenvalue weighted by Gasteiger charge is -2.14. The topological polar surface area (TPSA) is 64.3 Å². The predicted molar refractivity (Wildman–Crippen MR) is 93.6 cm³/mol. The molecule has 0 spiro atoms. The molecule has 0 radical (unpaired) electrons. The summed E-state index contributed by atoms with van der Waals surface area (Å²) in [7, 11) is 0. The maximum atomic E-state index is 12.2. The molecule has 0 aliphatic rings. The average molecular weight is 312 g/mol. The van der Waals surface area contributed by atoms with Crippen LogP contribution in [0.3, 0.4) is 0 Å². The van der Waals surface area contributed by atoms with E-state index in [1.807, 2.05) is 55.5 Å². The Kier molecular flexibility index (Phi) is 6.18. The zero-order valence-electron chi connectivity index (χ0n) is 13.7. The van der Waals surface area contributed by atoms with Gasteiger partial charge in [0.15, 0.2) is 0 Å². The lowest BCUT2D eigenvalue weighted by atomic mass is 10.0. The molecule has 3 N–H and O–H groups in total. The maximum Gasteiger partial charge on any atom is 0.226 e. The number of ether oxygens (including phenoxy) is 1. The number of anilines is 1. The Balaban J connectivity index is 1.95. The molecule has 0 aliphatic carbocycles. The molecule has 4 nitrogen and oxygen atoms in total. The fourth-order valence-electron chi connectivity index (χ4n) is 2.31. The number of carbonyl (C=O) groups excluding carboxylic acids is 1. The van der Waals surface area contributed by atoms with Gasteiger partial charge in [-0.15, -0.1) is 0 Å². The second kappa shape index (κ2) is 8.34. The highest BCUT2D eigenvalue weighted by Gasteiger charge is 2.12. The van der Waals surface area contributed by atoms with Crippen LogP contribution in [0.25, 0.3) is 0 Å². The van der Waals surface area contributed by atoms with E-state index in [1.165, 1.54) is 0 Å². The number of amides is 1. The first-order valence-electron chi connectivity index (χ1n) is 7.94. The Morgan fingerprint density at radius 1 is 1.22 bits per heavy atom. The molecule has 0 saturated carbocycles. The first-order chi connectivity index (χ1) is 11.1. The maximum absolute atomic E-state index is 12.2. The van der Waals surface area contributed by atoms with Crippen LogP contribution in [-0.2, 0) is 4.79 Å². The van der Waals surface area contributed by atoms with E-state index in [4.69, 9.17) is 10.5 Å². The molecule has 23 heavy (non-hydrogen) atoms. The molecule has 1 unspecified atom stereocenters. The smallest absolute Gasteiger partial charge is 0.226 e. The van der Waals surface area contributed by atoms with Crippen LogP contribution in [0.5, 0.6) is 5.75 Å². The molecular weight excluding hydrogens is 288 g/mol. The van der Waals surface area contributed by atoms with E-state index in [1.54, 1.807) is 0 Å². The van der Waals surface area contributed by atoms with Gasteiger partial charge in [0.25, 0.3) is 0 Å². The molecule has 0 heterocycles. The Labute approximate surface area is 137 Å². The van der Waals surface area contributed by atoms with Crippen LogP contribution in [0, 0.1) is 6.92 Å². The predicted octanol–water partition coefficient (Wildman–Crippen LogP) is 3.81. The summed E-state index contributed by atoms with van der Waals surface area (Å²) in [6, 6.07) is 15.0. The summed E-state index contributed by atoms with van der Waals surface area (Å²) in [5.74, 6) is 0.731. The fraction of sp³-hybridized carbons (Fsp3) is 0.316. The summed E-state index contributed by atoms with van der Waals surface area (Å²) in [5.41, 5.74) is 8.81. The molecule has 122 valence electrons. The molecule has 0 fully saturated rings. The quantitative estimate of drug-likeness (QED) is 0.817. The second-order valence-corrected chi connectivity index (χ2v) is 5.59. The van der Waals surface area contributed by atoms with Crippen LogP contribution >= 0.6 is 0 Å². The first kappa shape index (κ1) is 17.0. The van der Waals surface area contributed by atoms with Gasteiger partial charge in [-0.3, -0.25) is 4.79 Å². The number of nitrogens with one attached hydrogen (secondary N) is 1. The number of rotatable bonds is 7. The third kappa shape index (κ3) is 5.11. The van der Waals surface area contributed by atoms with E-state index < -0.39 is 0 Å². The van der Waals surface area contributed by atoms with Crippen molar-refractivity contribution in [2.24, 2.45) is 5.73 Å². The van der Waals surface area contributed by atoms with Crippen LogP contribution in [0.15, 0.2) is 48.5 Å². The monoisotopic (exact) mass is 312 g/mol. The van der Waals surface area contributed by atoms with Crippen molar-refractivity contribution in [3.05, 3.63) is 59.7 Å². The highest BCUT2D eigenvalue weighted by atomic mass is 16.5. The summed E-state index contributed by atoms with van der Waals surface area (Å²) >= 11 is 0. The van der Waals surface area contributed by atoms with Crippen molar-refractivity contribution < 1.29 is 9.53 Å². The van der Waals surface area contributed by atoms with Crippen molar-refractivity contribution >= 4 is 11.6 Å². The van der Waals surface area contributed by atoms with E-state index in [2.05, 4.69) is 12.2 Å². The fourth-order valence-corrected chi connectivity index (χ4v) is 2.31. The molecule has 2 aromatic carbocycles. The molecule has 1 atom stereocenters. The normalized spacial score (nSPS) is 11.8. The van der Waals surface area contributed by atoms with Crippen molar-refractivity contribution in [2.45, 2.75) is 32.7 Å². The number of hydrogen-bond acceptors (Lipinski definition) is 3. The summed E-state index contributed by atoms with van der Waals surface area (Å²) in [6.07, 6.45) is 1.21. The summed E-state index contributed by atoms with van der Waals surface area (Å²) < 4.78 is 5.59. The van der Waals surface area contributed by atoms with Gasteiger partial charge in [0.05, 0.1) is 6.61 Å². The van der Waals surface area contributed by atoms with Crippen molar-refractivity contribution in [2.75, 3.05) is 11.9 Å². The second-order valence-electron chi connectivity index (χ2n) is 5.59. The van der Waals surface area contributed by atoms with Crippen LogP contribution in [0.2, 0.25) is 0 Å². The van der Waals surface area contributed by atoms with E-state index in [9.17, 15) is 4.79 Å². The Morgan fingerprint density at radius 3 is 2.61 bits per heavy atom. The SMILES string of the molecule is CCCOc1ccc(NC(=O)CC(N)c2ccccc2)c(C)c1. The zero-order chi connectivity index (χ0) is 16.7. The molecule has 0 aromatic heterocycles. The average Bonchev–Trinajstić information content (AvgIpc) is 2.56. The van der Waals surface area contributed by atoms with Gasteiger partial charge >= 0.3 is 0 Å². The van der Waals surface area contributed by atoms with Gasteiger partial charge in [0.1, 0.15) is 5.75 Å². The molecule has 2 aromatic rings. The van der Waals surface area contributed by atoms with E-state index in [0.717, 1.165) is 29.0 Å². The van der Waals surface area contributed by atoms with Crippen molar-refractivity contribution in [3.63, 3.8) is 0 Å². The first-order valence-corrected chi connectivity index (χ1v) is 7.94. The molecule has 0 saturated heterocycles. The zero-order valence-corrected chi connectivity index (χ0v) is 13.7. The van der Waals surface area contributed by atoms with Crippen molar-refractivity contribution in [1.82, 2.24) is 0 Å². The third-order valence-corrected chi connectivity index (χ3v) is 3.58.